The maximum Gasteiger partial charge on any atom is 0.225 e. The molecule has 1 aliphatic carbocycles. The molecule has 1 saturated carbocycles. The molecule has 2 aliphatic rings. The van der Waals surface area contributed by atoms with E-state index in [0.717, 1.165) is 38.1 Å². The lowest BCUT2D eigenvalue weighted by molar-refractivity contribution is -0.132. The zero-order chi connectivity index (χ0) is 13.9. The monoisotopic (exact) mass is 273 g/mol. The van der Waals surface area contributed by atoms with Crippen molar-refractivity contribution in [2.24, 2.45) is 5.92 Å². The van der Waals surface area contributed by atoms with E-state index in [2.05, 4.69) is 17.0 Å². The number of likely N-dealkylation sites (tertiary alicyclic amines) is 1. The van der Waals surface area contributed by atoms with Crippen LogP contribution in [-0.2, 0) is 4.79 Å². The second kappa shape index (κ2) is 5.86. The van der Waals surface area contributed by atoms with Gasteiger partial charge in [-0.15, -0.1) is 0 Å². The largest absolute Gasteiger partial charge is 0.497 e. The van der Waals surface area contributed by atoms with E-state index >= 15 is 0 Å². The number of benzene rings is 1. The summed E-state index contributed by atoms with van der Waals surface area (Å²) in [6.07, 6.45) is 5.74. The summed E-state index contributed by atoms with van der Waals surface area (Å²) < 4.78 is 5.22. The van der Waals surface area contributed by atoms with Crippen LogP contribution in [0, 0.1) is 5.92 Å². The van der Waals surface area contributed by atoms with Crippen molar-refractivity contribution in [2.45, 2.75) is 38.0 Å². The van der Waals surface area contributed by atoms with Crippen LogP contribution < -0.4 is 4.74 Å². The van der Waals surface area contributed by atoms with E-state index in [0.29, 0.717) is 17.7 Å². The van der Waals surface area contributed by atoms with Crippen molar-refractivity contribution < 1.29 is 9.53 Å². The summed E-state index contributed by atoms with van der Waals surface area (Å²) in [6, 6.07) is 8.34. The Morgan fingerprint density at radius 1 is 1.15 bits per heavy atom. The van der Waals surface area contributed by atoms with Gasteiger partial charge in [-0.1, -0.05) is 18.6 Å². The van der Waals surface area contributed by atoms with Gasteiger partial charge in [0.05, 0.1) is 7.11 Å². The fraction of sp³-hybridized carbons (Fsp3) is 0.588. The first-order valence-corrected chi connectivity index (χ1v) is 7.70. The summed E-state index contributed by atoms with van der Waals surface area (Å²) in [6.45, 7) is 1.84. The van der Waals surface area contributed by atoms with E-state index in [9.17, 15) is 4.79 Å². The molecule has 3 heteroatoms. The Kier molecular flexibility index (Phi) is 3.95. The van der Waals surface area contributed by atoms with Gasteiger partial charge in [-0.3, -0.25) is 4.79 Å². The second-order valence-corrected chi connectivity index (χ2v) is 6.02. The van der Waals surface area contributed by atoms with E-state index in [1.807, 2.05) is 12.1 Å². The third kappa shape index (κ3) is 2.97. The Labute approximate surface area is 120 Å². The van der Waals surface area contributed by atoms with Crippen molar-refractivity contribution in [3.05, 3.63) is 29.8 Å². The standard InChI is InChI=1S/C17H23NO2/c1-20-16-9-7-13(8-10-16)15-4-2-3-11-18(12-15)17(19)14-5-6-14/h7-10,14-15H,2-6,11-12H2,1H3. The molecule has 3 rings (SSSR count). The van der Waals surface area contributed by atoms with Gasteiger partial charge in [0.1, 0.15) is 5.75 Å². The average molecular weight is 273 g/mol. The number of hydrogen-bond acceptors (Lipinski definition) is 2. The van der Waals surface area contributed by atoms with Crippen molar-refractivity contribution in [3.63, 3.8) is 0 Å². The van der Waals surface area contributed by atoms with E-state index in [-0.39, 0.29) is 0 Å². The van der Waals surface area contributed by atoms with Crippen LogP contribution >= 0.6 is 0 Å². The third-order valence-corrected chi connectivity index (χ3v) is 4.50. The van der Waals surface area contributed by atoms with Crippen LogP contribution in [0.1, 0.15) is 43.6 Å². The Morgan fingerprint density at radius 3 is 2.55 bits per heavy atom. The van der Waals surface area contributed by atoms with Gasteiger partial charge >= 0.3 is 0 Å². The third-order valence-electron chi connectivity index (χ3n) is 4.50. The predicted molar refractivity (Wildman–Crippen MR) is 78.9 cm³/mol. The van der Waals surface area contributed by atoms with Gasteiger partial charge in [0.15, 0.2) is 0 Å². The predicted octanol–water partition coefficient (Wildman–Crippen LogP) is 3.20. The zero-order valence-electron chi connectivity index (χ0n) is 12.2. The molecule has 1 aromatic carbocycles. The van der Waals surface area contributed by atoms with Gasteiger partial charge in [-0.05, 0) is 43.4 Å². The molecular weight excluding hydrogens is 250 g/mol. The number of amides is 1. The Hall–Kier alpha value is -1.51. The molecule has 0 bridgehead atoms. The minimum atomic E-state index is 0.338. The number of hydrogen-bond donors (Lipinski definition) is 0. The normalized spacial score (nSPS) is 23.2. The molecule has 1 saturated heterocycles. The summed E-state index contributed by atoms with van der Waals surface area (Å²) in [5.41, 5.74) is 1.33. The van der Waals surface area contributed by atoms with E-state index in [4.69, 9.17) is 4.74 Å². The first-order valence-electron chi connectivity index (χ1n) is 7.70. The van der Waals surface area contributed by atoms with Gasteiger partial charge in [0.25, 0.3) is 0 Å². The summed E-state index contributed by atoms with van der Waals surface area (Å²) in [4.78, 5) is 14.4. The fourth-order valence-electron chi connectivity index (χ4n) is 3.08. The van der Waals surface area contributed by atoms with Crippen LogP contribution in [0.25, 0.3) is 0 Å². The van der Waals surface area contributed by atoms with E-state index < -0.39 is 0 Å². The molecule has 0 spiro atoms. The maximum absolute atomic E-state index is 12.3. The number of rotatable bonds is 3. The smallest absolute Gasteiger partial charge is 0.225 e. The molecule has 1 amide bonds. The molecule has 1 heterocycles. The number of carbonyl (C=O) groups is 1. The molecule has 0 N–H and O–H groups in total. The molecule has 1 aliphatic heterocycles. The molecule has 1 aromatic rings. The summed E-state index contributed by atoms with van der Waals surface area (Å²) in [5, 5.41) is 0. The van der Waals surface area contributed by atoms with Crippen molar-refractivity contribution >= 4 is 5.91 Å². The minimum Gasteiger partial charge on any atom is -0.497 e. The number of carbonyl (C=O) groups excluding carboxylic acids is 1. The average Bonchev–Trinajstić information content (AvgIpc) is 3.33. The van der Waals surface area contributed by atoms with Crippen molar-refractivity contribution in [1.29, 1.82) is 0 Å². The highest BCUT2D eigenvalue weighted by atomic mass is 16.5. The first kappa shape index (κ1) is 13.5. The molecule has 20 heavy (non-hydrogen) atoms. The molecule has 1 unspecified atom stereocenters. The Bertz CT molecular complexity index is 464. The van der Waals surface area contributed by atoms with Crippen molar-refractivity contribution in [2.75, 3.05) is 20.2 Å². The Balaban J connectivity index is 1.71. The van der Waals surface area contributed by atoms with Gasteiger partial charge in [0.2, 0.25) is 5.91 Å². The molecule has 108 valence electrons. The molecule has 1 atom stereocenters. The van der Waals surface area contributed by atoms with Crippen molar-refractivity contribution in [1.82, 2.24) is 4.90 Å². The van der Waals surface area contributed by atoms with E-state index in [1.54, 1.807) is 7.11 Å². The van der Waals surface area contributed by atoms with Crippen molar-refractivity contribution in [3.8, 4) is 5.75 Å². The van der Waals surface area contributed by atoms with Gasteiger partial charge in [-0.25, -0.2) is 0 Å². The zero-order valence-corrected chi connectivity index (χ0v) is 12.2. The number of ether oxygens (including phenoxy) is 1. The second-order valence-electron chi connectivity index (χ2n) is 6.02. The highest BCUT2D eigenvalue weighted by Gasteiger charge is 2.34. The fourth-order valence-corrected chi connectivity index (χ4v) is 3.08. The van der Waals surface area contributed by atoms with E-state index in [1.165, 1.54) is 18.4 Å². The minimum absolute atomic E-state index is 0.338. The van der Waals surface area contributed by atoms with Crippen LogP contribution in [0.4, 0.5) is 0 Å². The SMILES string of the molecule is COc1ccc(C2CCCCN(C(=O)C3CC3)C2)cc1. The summed E-state index contributed by atoms with van der Waals surface area (Å²) in [7, 11) is 1.69. The molecular formula is C17H23NO2. The lowest BCUT2D eigenvalue weighted by Crippen LogP contribution is -2.35. The molecule has 0 aromatic heterocycles. The topological polar surface area (TPSA) is 29.5 Å². The van der Waals surface area contributed by atoms with Crippen LogP contribution in [0.2, 0.25) is 0 Å². The van der Waals surface area contributed by atoms with Crippen LogP contribution in [0.15, 0.2) is 24.3 Å². The summed E-state index contributed by atoms with van der Waals surface area (Å²) >= 11 is 0. The highest BCUT2D eigenvalue weighted by Crippen LogP contribution is 2.34. The van der Waals surface area contributed by atoms with Gasteiger partial charge in [0, 0.05) is 24.9 Å². The molecule has 0 radical (unpaired) electrons. The molecule has 2 fully saturated rings. The maximum atomic E-state index is 12.3. The lowest BCUT2D eigenvalue weighted by Gasteiger charge is -2.25. The summed E-state index contributed by atoms with van der Waals surface area (Å²) in [5.74, 6) is 2.11. The van der Waals surface area contributed by atoms with Crippen LogP contribution in [0.3, 0.4) is 0 Å². The molecule has 3 nitrogen and oxygen atoms in total. The highest BCUT2D eigenvalue weighted by molar-refractivity contribution is 5.81. The Morgan fingerprint density at radius 2 is 1.90 bits per heavy atom. The quantitative estimate of drug-likeness (QED) is 0.846. The first-order chi connectivity index (χ1) is 9.78. The number of nitrogens with zero attached hydrogens (tertiary/aromatic N) is 1. The van der Waals surface area contributed by atoms with Gasteiger partial charge in [-0.2, -0.15) is 0 Å². The lowest BCUT2D eigenvalue weighted by atomic mass is 9.94. The number of methoxy groups -OCH3 is 1. The van der Waals surface area contributed by atoms with Crippen LogP contribution in [0.5, 0.6) is 5.75 Å². The van der Waals surface area contributed by atoms with Gasteiger partial charge < -0.3 is 9.64 Å². The van der Waals surface area contributed by atoms with Crippen LogP contribution in [-0.4, -0.2) is 31.0 Å².